The number of quaternary nitrogens is 1. The van der Waals surface area contributed by atoms with Crippen molar-refractivity contribution in [1.82, 2.24) is 6.15 Å². The van der Waals surface area contributed by atoms with Gasteiger partial charge < -0.3 is 6.15 Å². The molecule has 0 aromatic heterocycles. The Bertz CT molecular complexity index is 182. The van der Waals surface area contributed by atoms with Crippen LogP contribution in [0.5, 0.6) is 0 Å². The summed E-state index contributed by atoms with van der Waals surface area (Å²) in [6, 6.07) is 8.63. The second kappa shape index (κ2) is 2.19. The lowest BCUT2D eigenvalue weighted by Crippen LogP contribution is -2.06. The highest BCUT2D eigenvalue weighted by atomic mass is 14.1. The SMILES string of the molecule is [NH4+].c1ccc2c(c1)CC2. The van der Waals surface area contributed by atoms with Crippen LogP contribution in [-0.2, 0) is 12.8 Å². The van der Waals surface area contributed by atoms with E-state index in [-0.39, 0.29) is 6.15 Å². The monoisotopic (exact) mass is 122 g/mol. The van der Waals surface area contributed by atoms with Crippen molar-refractivity contribution in [3.05, 3.63) is 35.4 Å². The summed E-state index contributed by atoms with van der Waals surface area (Å²) in [5.41, 5.74) is 3.10. The van der Waals surface area contributed by atoms with Crippen LogP contribution < -0.4 is 6.15 Å². The molecule has 1 aromatic rings. The zero-order chi connectivity index (χ0) is 5.40. The standard InChI is InChI=1S/C8H8.H3N/c1-2-4-8-6-5-7(8)3-1;/h1-4H,5-6H2;1H3/p+1. The zero-order valence-corrected chi connectivity index (χ0v) is 5.72. The summed E-state index contributed by atoms with van der Waals surface area (Å²) in [6.07, 6.45) is 2.60. The number of fused-ring (bicyclic) bond motifs is 1. The summed E-state index contributed by atoms with van der Waals surface area (Å²) < 4.78 is 0. The average Bonchev–Trinajstić information content (AvgIpc) is 1.72. The second-order valence-electron chi connectivity index (χ2n) is 2.27. The summed E-state index contributed by atoms with van der Waals surface area (Å²) >= 11 is 0. The van der Waals surface area contributed by atoms with Crippen LogP contribution in [0.4, 0.5) is 0 Å². The normalized spacial score (nSPS) is 12.9. The highest BCUT2D eigenvalue weighted by Gasteiger charge is 2.09. The molecular weight excluding hydrogens is 110 g/mol. The summed E-state index contributed by atoms with van der Waals surface area (Å²) in [7, 11) is 0. The Balaban J connectivity index is 0.000000405. The van der Waals surface area contributed by atoms with Crippen LogP contribution >= 0.6 is 0 Å². The van der Waals surface area contributed by atoms with Gasteiger partial charge in [-0.1, -0.05) is 24.3 Å². The van der Waals surface area contributed by atoms with E-state index in [2.05, 4.69) is 24.3 Å². The molecule has 48 valence electrons. The molecule has 1 aromatic carbocycles. The molecule has 1 heteroatoms. The molecule has 1 aliphatic rings. The van der Waals surface area contributed by atoms with E-state index >= 15 is 0 Å². The van der Waals surface area contributed by atoms with E-state index in [9.17, 15) is 0 Å². The minimum absolute atomic E-state index is 0. The van der Waals surface area contributed by atoms with Crippen LogP contribution in [-0.4, -0.2) is 0 Å². The van der Waals surface area contributed by atoms with Gasteiger partial charge in [-0.2, -0.15) is 0 Å². The lowest BCUT2D eigenvalue weighted by Gasteiger charge is -2.16. The predicted octanol–water partition coefficient (Wildman–Crippen LogP) is 2.16. The van der Waals surface area contributed by atoms with Gasteiger partial charge in [0.2, 0.25) is 0 Å². The van der Waals surface area contributed by atoms with Crippen LogP contribution in [0.3, 0.4) is 0 Å². The highest BCUT2D eigenvalue weighted by molar-refractivity contribution is 5.34. The first-order valence-electron chi connectivity index (χ1n) is 3.03. The first-order chi connectivity index (χ1) is 3.97. The highest BCUT2D eigenvalue weighted by Crippen LogP contribution is 2.20. The molecule has 0 spiro atoms. The predicted molar refractivity (Wildman–Crippen MR) is 39.8 cm³/mol. The molecule has 0 saturated heterocycles. The first-order valence-corrected chi connectivity index (χ1v) is 3.03. The summed E-state index contributed by atoms with van der Waals surface area (Å²) in [5.74, 6) is 0. The fourth-order valence-corrected chi connectivity index (χ4v) is 1.14. The van der Waals surface area contributed by atoms with Gasteiger partial charge in [-0.05, 0) is 24.0 Å². The Labute approximate surface area is 55.3 Å². The average molecular weight is 122 g/mol. The number of benzene rings is 1. The van der Waals surface area contributed by atoms with Crippen LogP contribution in [0.25, 0.3) is 0 Å². The number of hydrogen-bond acceptors (Lipinski definition) is 0. The van der Waals surface area contributed by atoms with Crippen LogP contribution in [0.15, 0.2) is 24.3 Å². The fraction of sp³-hybridized carbons (Fsp3) is 0.250. The van der Waals surface area contributed by atoms with Crippen molar-refractivity contribution in [2.75, 3.05) is 0 Å². The van der Waals surface area contributed by atoms with Crippen molar-refractivity contribution >= 4 is 0 Å². The maximum absolute atomic E-state index is 2.21. The molecule has 0 fully saturated rings. The van der Waals surface area contributed by atoms with Crippen molar-refractivity contribution in [1.29, 1.82) is 0 Å². The topological polar surface area (TPSA) is 36.5 Å². The minimum atomic E-state index is 0. The van der Waals surface area contributed by atoms with Gasteiger partial charge in [-0.15, -0.1) is 0 Å². The van der Waals surface area contributed by atoms with Crippen molar-refractivity contribution in [3.8, 4) is 0 Å². The van der Waals surface area contributed by atoms with Crippen molar-refractivity contribution in [2.24, 2.45) is 0 Å². The Morgan fingerprint density at radius 1 is 0.889 bits per heavy atom. The minimum Gasteiger partial charge on any atom is -0.369 e. The maximum Gasteiger partial charge on any atom is -0.0235 e. The van der Waals surface area contributed by atoms with Crippen LogP contribution in [0, 0.1) is 0 Å². The van der Waals surface area contributed by atoms with E-state index in [1.807, 2.05) is 0 Å². The van der Waals surface area contributed by atoms with Crippen molar-refractivity contribution < 1.29 is 0 Å². The van der Waals surface area contributed by atoms with Gasteiger partial charge in [0.05, 0.1) is 0 Å². The quantitative estimate of drug-likeness (QED) is 0.547. The largest absolute Gasteiger partial charge is 0.369 e. The zero-order valence-electron chi connectivity index (χ0n) is 5.72. The molecule has 0 radical (unpaired) electrons. The molecule has 4 N–H and O–H groups in total. The third kappa shape index (κ3) is 0.836. The molecule has 9 heavy (non-hydrogen) atoms. The second-order valence-corrected chi connectivity index (χ2v) is 2.27. The van der Waals surface area contributed by atoms with E-state index in [0.717, 1.165) is 0 Å². The van der Waals surface area contributed by atoms with Crippen LogP contribution in [0.1, 0.15) is 11.1 Å². The molecule has 0 atom stereocenters. The third-order valence-corrected chi connectivity index (χ3v) is 1.78. The number of rotatable bonds is 0. The van der Waals surface area contributed by atoms with Gasteiger partial charge in [-0.3, -0.25) is 0 Å². The Morgan fingerprint density at radius 3 is 1.56 bits per heavy atom. The number of aryl methyl sites for hydroxylation is 2. The van der Waals surface area contributed by atoms with Gasteiger partial charge >= 0.3 is 0 Å². The third-order valence-electron chi connectivity index (χ3n) is 1.78. The molecule has 1 nitrogen and oxygen atoms in total. The van der Waals surface area contributed by atoms with Crippen molar-refractivity contribution in [3.63, 3.8) is 0 Å². The van der Waals surface area contributed by atoms with E-state index < -0.39 is 0 Å². The molecule has 2 rings (SSSR count). The van der Waals surface area contributed by atoms with E-state index in [1.54, 1.807) is 11.1 Å². The molecule has 0 aliphatic heterocycles. The Morgan fingerprint density at radius 2 is 1.33 bits per heavy atom. The molecule has 0 unspecified atom stereocenters. The van der Waals surface area contributed by atoms with Gasteiger partial charge in [-0.25, -0.2) is 0 Å². The fourth-order valence-electron chi connectivity index (χ4n) is 1.14. The Hall–Kier alpha value is -0.820. The molecular formula is C8H12N+. The van der Waals surface area contributed by atoms with Gasteiger partial charge in [0, 0.05) is 0 Å². The molecule has 0 heterocycles. The van der Waals surface area contributed by atoms with Gasteiger partial charge in [0.15, 0.2) is 0 Å². The molecule has 0 saturated carbocycles. The molecule has 0 bridgehead atoms. The lowest BCUT2D eigenvalue weighted by atomic mass is 9.89. The van der Waals surface area contributed by atoms with Gasteiger partial charge in [0.1, 0.15) is 0 Å². The molecule has 1 aliphatic carbocycles. The first kappa shape index (κ1) is 6.30. The lowest BCUT2D eigenvalue weighted by molar-refractivity contribution is 0.839. The summed E-state index contributed by atoms with van der Waals surface area (Å²) in [6.45, 7) is 0. The van der Waals surface area contributed by atoms with E-state index in [1.165, 1.54) is 12.8 Å². The molecule has 0 amide bonds. The van der Waals surface area contributed by atoms with E-state index in [0.29, 0.717) is 0 Å². The van der Waals surface area contributed by atoms with Crippen molar-refractivity contribution in [2.45, 2.75) is 12.8 Å². The van der Waals surface area contributed by atoms with E-state index in [4.69, 9.17) is 0 Å². The smallest absolute Gasteiger partial charge is 0.0235 e. The summed E-state index contributed by atoms with van der Waals surface area (Å²) in [5, 5.41) is 0. The Kier molecular flexibility index (Phi) is 1.54. The van der Waals surface area contributed by atoms with Crippen LogP contribution in [0.2, 0.25) is 0 Å². The number of hydrogen-bond donors (Lipinski definition) is 1. The van der Waals surface area contributed by atoms with Gasteiger partial charge in [0.25, 0.3) is 0 Å². The maximum atomic E-state index is 2.21. The summed E-state index contributed by atoms with van der Waals surface area (Å²) in [4.78, 5) is 0.